The lowest BCUT2D eigenvalue weighted by Crippen LogP contribution is -2.26. The lowest BCUT2D eigenvalue weighted by molar-refractivity contribution is -0.153. The largest absolute Gasteiger partial charge is 0.493 e. The van der Waals surface area contributed by atoms with E-state index in [0.717, 1.165) is 17.7 Å². The smallest absolute Gasteiger partial charge is 0.343 e. The first-order chi connectivity index (χ1) is 8.63. The van der Waals surface area contributed by atoms with Crippen molar-refractivity contribution in [2.24, 2.45) is 0 Å². The molecule has 98 valence electrons. The molecule has 0 fully saturated rings. The van der Waals surface area contributed by atoms with Gasteiger partial charge in [-0.25, -0.2) is 9.18 Å². The van der Waals surface area contributed by atoms with Crippen LogP contribution in [0.2, 0.25) is 0 Å². The van der Waals surface area contributed by atoms with E-state index in [-0.39, 0.29) is 6.61 Å². The molecule has 0 amide bonds. The van der Waals surface area contributed by atoms with E-state index in [1.54, 1.807) is 25.1 Å². The van der Waals surface area contributed by atoms with Crippen LogP contribution in [0, 0.1) is 0 Å². The van der Waals surface area contributed by atoms with Crippen molar-refractivity contribution in [2.75, 3.05) is 13.2 Å². The summed E-state index contributed by atoms with van der Waals surface area (Å²) in [6.45, 7) is 2.26. The topological polar surface area (TPSA) is 55.8 Å². The van der Waals surface area contributed by atoms with Crippen LogP contribution in [0.4, 0.5) is 4.39 Å². The fourth-order valence-corrected chi connectivity index (χ4v) is 1.91. The predicted molar refractivity (Wildman–Crippen MR) is 62.1 cm³/mol. The third kappa shape index (κ3) is 2.46. The van der Waals surface area contributed by atoms with Crippen LogP contribution in [-0.2, 0) is 16.0 Å². The van der Waals surface area contributed by atoms with Gasteiger partial charge >= 0.3 is 5.97 Å². The van der Waals surface area contributed by atoms with Crippen LogP contribution in [0.1, 0.15) is 24.2 Å². The van der Waals surface area contributed by atoms with Gasteiger partial charge in [-0.2, -0.15) is 0 Å². The Hall–Kier alpha value is -1.62. The standard InChI is InChI=1S/C13H15FO4/c1-2-17-13(16)11(14)12(15)9-3-4-10-8(7-9)5-6-18-10/h3-4,7,11-12,15H,2,5-6H2,1H3. The van der Waals surface area contributed by atoms with Crippen LogP contribution in [-0.4, -0.2) is 30.5 Å². The molecule has 5 heteroatoms. The van der Waals surface area contributed by atoms with E-state index in [2.05, 4.69) is 4.74 Å². The number of hydrogen-bond donors (Lipinski definition) is 1. The first-order valence-corrected chi connectivity index (χ1v) is 5.88. The van der Waals surface area contributed by atoms with Crippen LogP contribution in [0.15, 0.2) is 18.2 Å². The second kappa shape index (κ2) is 5.35. The van der Waals surface area contributed by atoms with E-state index >= 15 is 0 Å². The second-order valence-electron chi connectivity index (χ2n) is 4.06. The van der Waals surface area contributed by atoms with Gasteiger partial charge < -0.3 is 14.6 Å². The van der Waals surface area contributed by atoms with Gasteiger partial charge in [-0.15, -0.1) is 0 Å². The lowest BCUT2D eigenvalue weighted by atomic mass is 10.0. The number of carbonyl (C=O) groups excluding carboxylic acids is 1. The Morgan fingerprint density at radius 1 is 1.61 bits per heavy atom. The third-order valence-corrected chi connectivity index (χ3v) is 2.84. The Morgan fingerprint density at radius 3 is 3.11 bits per heavy atom. The minimum atomic E-state index is -2.06. The summed E-state index contributed by atoms with van der Waals surface area (Å²) in [6, 6.07) is 4.90. The van der Waals surface area contributed by atoms with E-state index in [1.807, 2.05) is 0 Å². The van der Waals surface area contributed by atoms with Crippen LogP contribution < -0.4 is 4.74 Å². The van der Waals surface area contributed by atoms with Crippen molar-refractivity contribution in [3.63, 3.8) is 0 Å². The second-order valence-corrected chi connectivity index (χ2v) is 4.06. The molecule has 1 N–H and O–H groups in total. The molecule has 0 aliphatic carbocycles. The number of aliphatic hydroxyl groups is 1. The Labute approximate surface area is 104 Å². The molecule has 0 saturated heterocycles. The number of alkyl halides is 1. The number of esters is 1. The molecule has 1 heterocycles. The van der Waals surface area contributed by atoms with Crippen molar-refractivity contribution in [1.82, 2.24) is 0 Å². The number of aliphatic hydroxyl groups excluding tert-OH is 1. The zero-order valence-electron chi connectivity index (χ0n) is 10.1. The molecule has 2 atom stereocenters. The number of hydrogen-bond acceptors (Lipinski definition) is 4. The zero-order chi connectivity index (χ0) is 13.1. The number of halogens is 1. The third-order valence-electron chi connectivity index (χ3n) is 2.84. The van der Waals surface area contributed by atoms with E-state index in [1.165, 1.54) is 0 Å². The molecule has 0 bridgehead atoms. The number of carbonyl (C=O) groups is 1. The predicted octanol–water partition coefficient (Wildman–Crippen LogP) is 1.56. The van der Waals surface area contributed by atoms with Crippen molar-refractivity contribution in [1.29, 1.82) is 0 Å². The SMILES string of the molecule is CCOC(=O)C(F)C(O)c1ccc2c(c1)CCO2. The Balaban J connectivity index is 2.13. The van der Waals surface area contributed by atoms with Gasteiger partial charge in [0.05, 0.1) is 13.2 Å². The van der Waals surface area contributed by atoms with Gasteiger partial charge in [-0.3, -0.25) is 0 Å². The van der Waals surface area contributed by atoms with E-state index < -0.39 is 18.2 Å². The molecule has 1 aromatic carbocycles. The highest BCUT2D eigenvalue weighted by Gasteiger charge is 2.29. The van der Waals surface area contributed by atoms with Crippen LogP contribution >= 0.6 is 0 Å². The maximum atomic E-state index is 13.7. The normalized spacial score (nSPS) is 16.6. The van der Waals surface area contributed by atoms with Crippen LogP contribution in [0.25, 0.3) is 0 Å². The monoisotopic (exact) mass is 254 g/mol. The molecule has 4 nitrogen and oxygen atoms in total. The number of fused-ring (bicyclic) bond motifs is 1. The molecule has 0 saturated carbocycles. The van der Waals surface area contributed by atoms with Gasteiger partial charge in [-0.1, -0.05) is 6.07 Å². The van der Waals surface area contributed by atoms with E-state index in [4.69, 9.17) is 4.74 Å². The van der Waals surface area contributed by atoms with Crippen molar-refractivity contribution >= 4 is 5.97 Å². The van der Waals surface area contributed by atoms with Crippen molar-refractivity contribution < 1.29 is 23.8 Å². The highest BCUT2D eigenvalue weighted by molar-refractivity contribution is 5.75. The van der Waals surface area contributed by atoms with Crippen molar-refractivity contribution in [2.45, 2.75) is 25.6 Å². The summed E-state index contributed by atoms with van der Waals surface area (Å²) in [5.74, 6) is -0.292. The molecule has 1 aliphatic heterocycles. The minimum Gasteiger partial charge on any atom is -0.493 e. The quantitative estimate of drug-likeness (QED) is 0.828. The molecule has 18 heavy (non-hydrogen) atoms. The Bertz CT molecular complexity index is 447. The molecule has 0 radical (unpaired) electrons. The van der Waals surface area contributed by atoms with Crippen molar-refractivity contribution in [3.8, 4) is 5.75 Å². The number of rotatable bonds is 4. The van der Waals surface area contributed by atoms with Gasteiger partial charge in [0.2, 0.25) is 6.17 Å². The van der Waals surface area contributed by atoms with E-state index in [0.29, 0.717) is 12.2 Å². The van der Waals surface area contributed by atoms with Gasteiger partial charge in [0.25, 0.3) is 0 Å². The van der Waals surface area contributed by atoms with Gasteiger partial charge in [0, 0.05) is 6.42 Å². The molecule has 0 spiro atoms. The van der Waals surface area contributed by atoms with Crippen LogP contribution in [0.5, 0.6) is 5.75 Å². The van der Waals surface area contributed by atoms with E-state index in [9.17, 15) is 14.3 Å². The number of ether oxygens (including phenoxy) is 2. The van der Waals surface area contributed by atoms with Gasteiger partial charge in [-0.05, 0) is 30.2 Å². The molecule has 1 aromatic rings. The molecular weight excluding hydrogens is 239 g/mol. The molecular formula is C13H15FO4. The summed E-state index contributed by atoms with van der Waals surface area (Å²) >= 11 is 0. The molecule has 1 aliphatic rings. The van der Waals surface area contributed by atoms with Gasteiger partial charge in [0.15, 0.2) is 0 Å². The van der Waals surface area contributed by atoms with Crippen molar-refractivity contribution in [3.05, 3.63) is 29.3 Å². The minimum absolute atomic E-state index is 0.0873. The first-order valence-electron chi connectivity index (χ1n) is 5.88. The summed E-state index contributed by atoms with van der Waals surface area (Å²) in [6.07, 6.45) is -2.84. The van der Waals surface area contributed by atoms with Gasteiger partial charge in [0.1, 0.15) is 11.9 Å². The summed E-state index contributed by atoms with van der Waals surface area (Å²) < 4.78 is 23.5. The maximum absolute atomic E-state index is 13.7. The highest BCUT2D eigenvalue weighted by atomic mass is 19.1. The fraction of sp³-hybridized carbons (Fsp3) is 0.462. The molecule has 2 unspecified atom stereocenters. The Morgan fingerprint density at radius 2 is 2.39 bits per heavy atom. The average molecular weight is 254 g/mol. The highest BCUT2D eigenvalue weighted by Crippen LogP contribution is 2.30. The number of benzene rings is 1. The summed E-state index contributed by atoms with van der Waals surface area (Å²) in [5, 5.41) is 9.80. The lowest BCUT2D eigenvalue weighted by Gasteiger charge is -2.15. The summed E-state index contributed by atoms with van der Waals surface area (Å²) in [4.78, 5) is 11.2. The van der Waals surface area contributed by atoms with Crippen LogP contribution in [0.3, 0.4) is 0 Å². The maximum Gasteiger partial charge on any atom is 0.343 e. The fourth-order valence-electron chi connectivity index (χ4n) is 1.91. The Kier molecular flexibility index (Phi) is 3.81. The molecule has 2 rings (SSSR count). The first kappa shape index (κ1) is 12.8. The summed E-state index contributed by atoms with van der Waals surface area (Å²) in [5.41, 5.74) is 1.28. The molecule has 0 aromatic heterocycles. The average Bonchev–Trinajstić information content (AvgIpc) is 2.84. The summed E-state index contributed by atoms with van der Waals surface area (Å²) in [7, 11) is 0. The zero-order valence-corrected chi connectivity index (χ0v) is 10.1.